The van der Waals surface area contributed by atoms with Crippen molar-refractivity contribution in [3.8, 4) is 0 Å². The second-order valence-corrected chi connectivity index (χ2v) is 5.85. The maximum Gasteiger partial charge on any atom is 0.412 e. The highest BCUT2D eigenvalue weighted by Crippen LogP contribution is 2.20. The molecule has 0 aliphatic heterocycles. The van der Waals surface area contributed by atoms with Gasteiger partial charge in [0.1, 0.15) is 12.1 Å². The molecular formula is C14H22N4O3. The molecule has 0 spiro atoms. The van der Waals surface area contributed by atoms with Gasteiger partial charge in [0.05, 0.1) is 0 Å². The molecule has 7 nitrogen and oxygen atoms in total. The van der Waals surface area contributed by atoms with E-state index in [1.165, 1.54) is 7.05 Å². The summed E-state index contributed by atoms with van der Waals surface area (Å²) >= 11 is 0. The van der Waals surface area contributed by atoms with E-state index >= 15 is 0 Å². The Balaban J connectivity index is 2.92. The van der Waals surface area contributed by atoms with Crippen molar-refractivity contribution in [2.24, 2.45) is 16.6 Å². The number of carbonyl (C=O) groups is 1. The molecule has 116 valence electrons. The van der Waals surface area contributed by atoms with Crippen LogP contribution < -0.4 is 11.5 Å². The summed E-state index contributed by atoms with van der Waals surface area (Å²) in [7, 11) is 1.47. The van der Waals surface area contributed by atoms with Crippen LogP contribution in [0.1, 0.15) is 31.9 Å². The quantitative estimate of drug-likeness (QED) is 0.650. The zero-order chi connectivity index (χ0) is 16.3. The molecule has 0 heterocycles. The zero-order valence-electron chi connectivity index (χ0n) is 12.8. The van der Waals surface area contributed by atoms with E-state index in [9.17, 15) is 9.70 Å². The Morgan fingerprint density at radius 1 is 1.24 bits per heavy atom. The van der Waals surface area contributed by atoms with Gasteiger partial charge in [-0.05, 0) is 26.3 Å². The van der Waals surface area contributed by atoms with Crippen LogP contribution in [0.3, 0.4) is 0 Å². The van der Waals surface area contributed by atoms with Crippen molar-refractivity contribution in [3.05, 3.63) is 40.3 Å². The molecule has 0 aromatic heterocycles. The molecule has 1 aromatic rings. The third-order valence-electron chi connectivity index (χ3n) is 2.89. The molecule has 0 atom stereocenters. The second-order valence-electron chi connectivity index (χ2n) is 5.85. The minimum absolute atomic E-state index is 0.0737. The summed E-state index contributed by atoms with van der Waals surface area (Å²) in [5.74, 6) is -1.52. The number of hydrogen-bond acceptors (Lipinski definition) is 6. The summed E-state index contributed by atoms with van der Waals surface area (Å²) in [5.41, 5.74) is 12.7. The van der Waals surface area contributed by atoms with Gasteiger partial charge in [-0.2, -0.15) is 4.91 Å². The van der Waals surface area contributed by atoms with Crippen LogP contribution >= 0.6 is 0 Å². The lowest BCUT2D eigenvalue weighted by Gasteiger charge is -2.36. The van der Waals surface area contributed by atoms with Crippen molar-refractivity contribution in [1.29, 1.82) is 0 Å². The van der Waals surface area contributed by atoms with E-state index in [4.69, 9.17) is 16.2 Å². The van der Waals surface area contributed by atoms with Gasteiger partial charge < -0.3 is 4.74 Å². The van der Waals surface area contributed by atoms with E-state index in [-0.39, 0.29) is 6.54 Å². The lowest BCUT2D eigenvalue weighted by atomic mass is 10.1. The molecule has 0 aliphatic rings. The summed E-state index contributed by atoms with van der Waals surface area (Å²) in [5, 5.41) is 2.80. The van der Waals surface area contributed by atoms with Crippen molar-refractivity contribution in [1.82, 2.24) is 4.90 Å². The average molecular weight is 294 g/mol. The van der Waals surface area contributed by atoms with Crippen molar-refractivity contribution in [2.75, 3.05) is 7.05 Å². The summed E-state index contributed by atoms with van der Waals surface area (Å²) in [6, 6.07) is 6.69. The number of nitroso groups, excluding NO2 is 1. The largest absolute Gasteiger partial charge is 0.444 e. The van der Waals surface area contributed by atoms with E-state index in [2.05, 4.69) is 5.18 Å². The lowest BCUT2D eigenvalue weighted by Crippen LogP contribution is -2.61. The zero-order valence-corrected chi connectivity index (χ0v) is 12.8. The Labute approximate surface area is 124 Å². The van der Waals surface area contributed by atoms with Crippen molar-refractivity contribution >= 4 is 6.09 Å². The molecule has 0 aliphatic carbocycles. The highest BCUT2D eigenvalue weighted by molar-refractivity contribution is 5.69. The fourth-order valence-corrected chi connectivity index (χ4v) is 1.63. The topological polar surface area (TPSA) is 111 Å². The lowest BCUT2D eigenvalue weighted by molar-refractivity contribution is 0.00589. The van der Waals surface area contributed by atoms with Gasteiger partial charge in [-0.1, -0.05) is 29.4 Å². The Morgan fingerprint density at radius 3 is 2.19 bits per heavy atom. The molecule has 4 N–H and O–H groups in total. The number of benzene rings is 1. The normalized spacial score (nSPS) is 11.9. The van der Waals surface area contributed by atoms with E-state index in [1.807, 2.05) is 0 Å². The van der Waals surface area contributed by atoms with Crippen molar-refractivity contribution in [3.63, 3.8) is 0 Å². The van der Waals surface area contributed by atoms with Gasteiger partial charge in [-0.15, -0.1) is 0 Å². The van der Waals surface area contributed by atoms with E-state index < -0.39 is 17.5 Å². The third-order valence-corrected chi connectivity index (χ3v) is 2.89. The Morgan fingerprint density at radius 2 is 1.76 bits per heavy atom. The number of carbonyl (C=O) groups excluding carboxylic acids is 1. The highest BCUT2D eigenvalue weighted by atomic mass is 16.6. The summed E-state index contributed by atoms with van der Waals surface area (Å²) in [4.78, 5) is 23.4. The van der Waals surface area contributed by atoms with Crippen LogP contribution in [-0.2, 0) is 17.1 Å². The molecule has 1 amide bonds. The first-order chi connectivity index (χ1) is 9.58. The molecule has 0 bridgehead atoms. The standard InChI is InChI=1S/C14H22N4O3/c1-13(2,3)21-12(19)18(4)14(15,16)11-7-5-10(6-8-11)9-17-20/h5-8H,9,15-16H2,1-4H3. The fourth-order valence-electron chi connectivity index (χ4n) is 1.63. The van der Waals surface area contributed by atoms with Crippen LogP contribution in [0.25, 0.3) is 0 Å². The maximum absolute atomic E-state index is 12.0. The number of hydrogen-bond donors (Lipinski definition) is 2. The molecule has 21 heavy (non-hydrogen) atoms. The van der Waals surface area contributed by atoms with E-state index in [0.717, 1.165) is 10.5 Å². The highest BCUT2D eigenvalue weighted by Gasteiger charge is 2.33. The first kappa shape index (κ1) is 17.1. The first-order valence-electron chi connectivity index (χ1n) is 6.51. The Bertz CT molecular complexity index is 506. The maximum atomic E-state index is 12.0. The van der Waals surface area contributed by atoms with Gasteiger partial charge in [-0.3, -0.25) is 16.4 Å². The molecule has 0 fully saturated rings. The first-order valence-corrected chi connectivity index (χ1v) is 6.51. The smallest absolute Gasteiger partial charge is 0.412 e. The van der Waals surface area contributed by atoms with E-state index in [1.54, 1.807) is 45.0 Å². The van der Waals surface area contributed by atoms with Crippen LogP contribution in [0.15, 0.2) is 29.4 Å². The summed E-state index contributed by atoms with van der Waals surface area (Å²) in [6.45, 7) is 5.35. The van der Waals surface area contributed by atoms with Gasteiger partial charge in [0, 0.05) is 12.6 Å². The second kappa shape index (κ2) is 6.19. The average Bonchev–Trinajstić information content (AvgIpc) is 2.37. The van der Waals surface area contributed by atoms with Crippen LogP contribution in [0.4, 0.5) is 4.79 Å². The number of nitrogens with two attached hydrogens (primary N) is 2. The van der Waals surface area contributed by atoms with Crippen LogP contribution in [0.2, 0.25) is 0 Å². The monoisotopic (exact) mass is 294 g/mol. The molecular weight excluding hydrogens is 272 g/mol. The number of rotatable bonds is 4. The Hall–Kier alpha value is -1.99. The summed E-state index contributed by atoms with van der Waals surface area (Å²) < 4.78 is 5.24. The number of amides is 1. The molecule has 0 radical (unpaired) electrons. The van der Waals surface area contributed by atoms with Crippen LogP contribution in [0, 0.1) is 4.91 Å². The van der Waals surface area contributed by atoms with E-state index in [0.29, 0.717) is 5.56 Å². The summed E-state index contributed by atoms with van der Waals surface area (Å²) in [6.07, 6.45) is -0.619. The fraction of sp³-hybridized carbons (Fsp3) is 0.500. The van der Waals surface area contributed by atoms with Gasteiger partial charge in [-0.25, -0.2) is 4.79 Å². The van der Waals surface area contributed by atoms with Gasteiger partial charge in [0.25, 0.3) is 0 Å². The Kier molecular flexibility index (Phi) is 5.03. The minimum Gasteiger partial charge on any atom is -0.444 e. The molecule has 7 heteroatoms. The number of nitrogens with zero attached hydrogens (tertiary/aromatic N) is 2. The van der Waals surface area contributed by atoms with Gasteiger partial charge >= 0.3 is 6.09 Å². The molecule has 1 rings (SSSR count). The number of ether oxygens (including phenoxy) is 1. The predicted molar refractivity (Wildman–Crippen MR) is 80.0 cm³/mol. The SMILES string of the molecule is CN(C(=O)OC(C)(C)C)C(N)(N)c1ccc(CN=O)cc1. The molecule has 1 aromatic carbocycles. The predicted octanol–water partition coefficient (Wildman–Crippen LogP) is 1.85. The van der Waals surface area contributed by atoms with Crippen LogP contribution in [-0.4, -0.2) is 23.6 Å². The molecule has 0 unspecified atom stereocenters. The van der Waals surface area contributed by atoms with Crippen molar-refractivity contribution < 1.29 is 9.53 Å². The van der Waals surface area contributed by atoms with Crippen LogP contribution in [0.5, 0.6) is 0 Å². The molecule has 0 saturated heterocycles. The van der Waals surface area contributed by atoms with Gasteiger partial charge in [0.2, 0.25) is 0 Å². The third kappa shape index (κ3) is 4.51. The van der Waals surface area contributed by atoms with Crippen molar-refractivity contribution in [2.45, 2.75) is 38.7 Å². The van der Waals surface area contributed by atoms with Gasteiger partial charge in [0.15, 0.2) is 5.79 Å². The minimum atomic E-state index is -1.52. The molecule has 0 saturated carbocycles.